The molecule has 0 bridgehead atoms. The van der Waals surface area contributed by atoms with Gasteiger partial charge in [-0.1, -0.05) is 19.9 Å². The van der Waals surface area contributed by atoms with E-state index in [4.69, 9.17) is 9.47 Å². The Morgan fingerprint density at radius 1 is 1.18 bits per heavy atom. The number of fused-ring (bicyclic) bond motifs is 1. The van der Waals surface area contributed by atoms with Gasteiger partial charge >= 0.3 is 0 Å². The lowest BCUT2D eigenvalue weighted by Gasteiger charge is -2.33. The molecule has 0 aliphatic rings. The van der Waals surface area contributed by atoms with Crippen molar-refractivity contribution < 1.29 is 9.47 Å². The number of ether oxygens (including phenoxy) is 2. The molecule has 3 heterocycles. The van der Waals surface area contributed by atoms with E-state index < -0.39 is 0 Å². The zero-order valence-corrected chi connectivity index (χ0v) is 20.7. The number of aromatic nitrogens is 5. The Hall–Kier alpha value is -3.08. The van der Waals surface area contributed by atoms with Crippen LogP contribution >= 0.6 is 11.3 Å². The van der Waals surface area contributed by atoms with Crippen molar-refractivity contribution in [3.63, 3.8) is 0 Å². The Bertz CT molecular complexity index is 1270. The largest absolute Gasteiger partial charge is 0.497 e. The average molecular weight is 483 g/mol. The van der Waals surface area contributed by atoms with Crippen molar-refractivity contribution in [2.45, 2.75) is 39.5 Å². The van der Waals surface area contributed by atoms with Crippen LogP contribution < -0.4 is 10.3 Å². The second kappa shape index (κ2) is 10.9. The molecule has 3 aromatic heterocycles. The van der Waals surface area contributed by atoms with Gasteiger partial charge in [0.15, 0.2) is 5.82 Å². The van der Waals surface area contributed by atoms with Crippen LogP contribution in [0.2, 0.25) is 0 Å². The second-order valence-electron chi connectivity index (χ2n) is 8.50. The monoisotopic (exact) mass is 482 g/mol. The number of tetrazole rings is 1. The molecule has 180 valence electrons. The number of aromatic amines is 1. The summed E-state index contributed by atoms with van der Waals surface area (Å²) >= 11 is 1.70. The number of benzene rings is 1. The van der Waals surface area contributed by atoms with Gasteiger partial charge in [-0.2, -0.15) is 0 Å². The highest BCUT2D eigenvalue weighted by Gasteiger charge is 2.30. The van der Waals surface area contributed by atoms with Gasteiger partial charge in [-0.25, -0.2) is 4.68 Å². The number of thiophene rings is 1. The molecule has 9 nitrogen and oxygen atoms in total. The predicted octanol–water partition coefficient (Wildman–Crippen LogP) is 3.63. The maximum Gasteiger partial charge on any atom is 0.252 e. The maximum absolute atomic E-state index is 13.1. The Morgan fingerprint density at radius 3 is 2.74 bits per heavy atom. The fourth-order valence-corrected chi connectivity index (χ4v) is 4.92. The van der Waals surface area contributed by atoms with Crippen molar-refractivity contribution >= 4 is 22.2 Å². The van der Waals surface area contributed by atoms with Crippen molar-refractivity contribution in [3.05, 3.63) is 68.4 Å². The average Bonchev–Trinajstić information content (AvgIpc) is 3.50. The van der Waals surface area contributed by atoms with Crippen LogP contribution in [0, 0.1) is 5.92 Å². The molecule has 10 heteroatoms. The Labute approximate surface area is 202 Å². The highest BCUT2D eigenvalue weighted by molar-refractivity contribution is 7.09. The minimum absolute atomic E-state index is 0.0973. The summed E-state index contributed by atoms with van der Waals surface area (Å²) in [6.07, 6.45) is 0. The molecule has 0 spiro atoms. The number of hydrogen-bond donors (Lipinski definition) is 1. The van der Waals surface area contributed by atoms with Crippen molar-refractivity contribution in [3.8, 4) is 5.75 Å². The summed E-state index contributed by atoms with van der Waals surface area (Å²) in [5, 5.41) is 15.5. The summed E-state index contributed by atoms with van der Waals surface area (Å²) in [7, 11) is 3.27. The molecule has 0 aliphatic heterocycles. The zero-order valence-electron chi connectivity index (χ0n) is 19.9. The number of pyridine rings is 1. The first-order chi connectivity index (χ1) is 16.5. The summed E-state index contributed by atoms with van der Waals surface area (Å²) in [6, 6.07) is 11.7. The lowest BCUT2D eigenvalue weighted by atomic mass is 10.00. The van der Waals surface area contributed by atoms with Crippen LogP contribution in [0.5, 0.6) is 5.75 Å². The molecule has 0 saturated heterocycles. The van der Waals surface area contributed by atoms with Gasteiger partial charge in [0.2, 0.25) is 0 Å². The van der Waals surface area contributed by atoms with Gasteiger partial charge in [0.05, 0.1) is 31.8 Å². The number of rotatable bonds is 11. The molecule has 1 aromatic carbocycles. The van der Waals surface area contributed by atoms with Gasteiger partial charge in [0, 0.05) is 36.7 Å². The first-order valence-electron chi connectivity index (χ1n) is 11.2. The predicted molar refractivity (Wildman–Crippen MR) is 132 cm³/mol. The van der Waals surface area contributed by atoms with Crippen molar-refractivity contribution in [1.29, 1.82) is 0 Å². The fourth-order valence-electron chi connectivity index (χ4n) is 4.19. The third-order valence-electron chi connectivity index (χ3n) is 5.80. The van der Waals surface area contributed by atoms with Gasteiger partial charge in [-0.3, -0.25) is 9.69 Å². The molecule has 1 atom stereocenters. The third-order valence-corrected chi connectivity index (χ3v) is 6.66. The Kier molecular flexibility index (Phi) is 7.71. The quantitative estimate of drug-likeness (QED) is 0.349. The van der Waals surface area contributed by atoms with Crippen molar-refractivity contribution in [2.24, 2.45) is 5.92 Å². The first-order valence-corrected chi connectivity index (χ1v) is 12.1. The standard InChI is InChI=1S/C24H30N6O3S/c1-16(2)22(23-26-27-28-30(23)9-10-32-3)29(15-20-6-5-11-34-20)14-18-12-17-7-8-19(33-4)13-21(17)25-24(18)31/h5-8,11-13,16,22H,9-10,14-15H2,1-4H3,(H,25,31)/t22-/m0/s1. The van der Waals surface area contributed by atoms with Gasteiger partial charge in [0.25, 0.3) is 5.56 Å². The van der Waals surface area contributed by atoms with Crippen LogP contribution in [0.25, 0.3) is 10.9 Å². The topological polar surface area (TPSA) is 98.2 Å². The number of hydrogen-bond acceptors (Lipinski definition) is 8. The molecule has 4 rings (SSSR count). The molecule has 1 N–H and O–H groups in total. The highest BCUT2D eigenvalue weighted by atomic mass is 32.1. The zero-order chi connectivity index (χ0) is 24.1. The smallest absolute Gasteiger partial charge is 0.252 e. The van der Waals surface area contributed by atoms with Gasteiger partial charge < -0.3 is 14.5 Å². The summed E-state index contributed by atoms with van der Waals surface area (Å²) in [5.74, 6) is 1.68. The van der Waals surface area contributed by atoms with Gasteiger partial charge in [-0.05, 0) is 51.4 Å². The molecular weight excluding hydrogens is 452 g/mol. The van der Waals surface area contributed by atoms with Crippen LogP contribution in [0.1, 0.15) is 36.2 Å². The number of methoxy groups -OCH3 is 2. The van der Waals surface area contributed by atoms with E-state index in [-0.39, 0.29) is 17.5 Å². The molecule has 0 fully saturated rings. The minimum Gasteiger partial charge on any atom is -0.497 e. The normalized spacial score (nSPS) is 12.6. The highest BCUT2D eigenvalue weighted by Crippen LogP contribution is 2.31. The van der Waals surface area contributed by atoms with Crippen LogP contribution in [0.4, 0.5) is 0 Å². The summed E-state index contributed by atoms with van der Waals surface area (Å²) in [4.78, 5) is 19.6. The maximum atomic E-state index is 13.1. The third kappa shape index (κ3) is 5.35. The first kappa shape index (κ1) is 24.1. The van der Waals surface area contributed by atoms with E-state index in [0.717, 1.165) is 16.7 Å². The van der Waals surface area contributed by atoms with Crippen LogP contribution in [-0.4, -0.2) is 50.9 Å². The number of nitrogens with zero attached hydrogens (tertiary/aromatic N) is 5. The van der Waals surface area contributed by atoms with E-state index in [1.165, 1.54) is 4.88 Å². The summed E-state index contributed by atoms with van der Waals surface area (Å²) < 4.78 is 12.3. The van der Waals surface area contributed by atoms with E-state index >= 15 is 0 Å². The van der Waals surface area contributed by atoms with E-state index in [1.54, 1.807) is 30.2 Å². The van der Waals surface area contributed by atoms with E-state index in [0.29, 0.717) is 37.6 Å². The minimum atomic E-state index is -0.113. The number of nitrogens with one attached hydrogen (secondary N) is 1. The van der Waals surface area contributed by atoms with E-state index in [9.17, 15) is 4.79 Å². The molecule has 4 aromatic rings. The SMILES string of the molecule is COCCn1nnnc1[C@H](C(C)C)N(Cc1cccs1)Cc1cc2ccc(OC)cc2[nH]c1=O. The molecular formula is C24H30N6O3S. The summed E-state index contributed by atoms with van der Waals surface area (Å²) in [5.41, 5.74) is 1.33. The number of H-pyrrole nitrogens is 1. The lowest BCUT2D eigenvalue weighted by Crippen LogP contribution is -2.35. The molecule has 0 amide bonds. The molecule has 0 saturated carbocycles. The molecule has 0 unspecified atom stereocenters. The second-order valence-corrected chi connectivity index (χ2v) is 9.54. The Balaban J connectivity index is 1.73. The van der Waals surface area contributed by atoms with Crippen molar-refractivity contribution in [1.82, 2.24) is 30.1 Å². The molecule has 0 radical (unpaired) electrons. The molecule has 34 heavy (non-hydrogen) atoms. The lowest BCUT2D eigenvalue weighted by molar-refractivity contribution is 0.122. The van der Waals surface area contributed by atoms with Gasteiger partial charge in [-0.15, -0.1) is 16.4 Å². The van der Waals surface area contributed by atoms with Crippen molar-refractivity contribution in [2.75, 3.05) is 20.8 Å². The van der Waals surface area contributed by atoms with Gasteiger partial charge in [0.1, 0.15) is 5.75 Å². The van der Waals surface area contributed by atoms with Crippen LogP contribution in [0.3, 0.4) is 0 Å². The fraction of sp³-hybridized carbons (Fsp3) is 0.417. The molecule has 0 aliphatic carbocycles. The Morgan fingerprint density at radius 2 is 2.03 bits per heavy atom. The van der Waals surface area contributed by atoms with E-state index in [2.05, 4.69) is 50.7 Å². The van der Waals surface area contributed by atoms with Crippen LogP contribution in [-0.2, 0) is 24.4 Å². The van der Waals surface area contributed by atoms with Crippen LogP contribution in [0.15, 0.2) is 46.6 Å². The summed E-state index contributed by atoms with van der Waals surface area (Å²) in [6.45, 7) is 6.51. The van der Waals surface area contributed by atoms with E-state index in [1.807, 2.05) is 30.3 Å².